The molecule has 3 aromatic rings. The summed E-state index contributed by atoms with van der Waals surface area (Å²) >= 11 is 0. The predicted molar refractivity (Wildman–Crippen MR) is 84.7 cm³/mol. The van der Waals surface area contributed by atoms with Gasteiger partial charge in [-0.3, -0.25) is 4.90 Å². The maximum Gasteiger partial charge on any atom is 0.137 e. The van der Waals surface area contributed by atoms with Crippen molar-refractivity contribution in [1.29, 1.82) is 0 Å². The van der Waals surface area contributed by atoms with Crippen molar-refractivity contribution in [3.05, 3.63) is 71.7 Å². The molecule has 2 N–H and O–H groups in total. The van der Waals surface area contributed by atoms with Crippen LogP contribution in [-0.2, 0) is 19.6 Å². The number of nitrogens with two attached hydrogens (primary N) is 1. The summed E-state index contributed by atoms with van der Waals surface area (Å²) in [4.78, 5) is 6.89. The van der Waals surface area contributed by atoms with Gasteiger partial charge in [0.15, 0.2) is 0 Å². The van der Waals surface area contributed by atoms with Gasteiger partial charge in [-0.1, -0.05) is 30.3 Å². The predicted octanol–water partition coefficient (Wildman–Crippen LogP) is 2.43. The van der Waals surface area contributed by atoms with Crippen LogP contribution in [0.25, 0.3) is 5.65 Å². The van der Waals surface area contributed by atoms with E-state index >= 15 is 0 Å². The molecule has 108 valence electrons. The van der Waals surface area contributed by atoms with Crippen molar-refractivity contribution in [1.82, 2.24) is 14.3 Å². The highest BCUT2D eigenvalue weighted by Gasteiger charge is 2.06. The van der Waals surface area contributed by atoms with Crippen LogP contribution < -0.4 is 5.73 Å². The Balaban J connectivity index is 1.69. The third-order valence-electron chi connectivity index (χ3n) is 3.53. The number of rotatable bonds is 5. The monoisotopic (exact) mass is 280 g/mol. The Morgan fingerprint density at radius 3 is 2.76 bits per heavy atom. The lowest BCUT2D eigenvalue weighted by Gasteiger charge is -2.15. The summed E-state index contributed by atoms with van der Waals surface area (Å²) in [6, 6.07) is 14.5. The highest BCUT2D eigenvalue weighted by molar-refractivity contribution is 5.39. The molecule has 0 aliphatic rings. The number of benzene rings is 1. The summed E-state index contributed by atoms with van der Waals surface area (Å²) in [5.74, 6) is 0. The van der Waals surface area contributed by atoms with Gasteiger partial charge in [-0.05, 0) is 30.3 Å². The van der Waals surface area contributed by atoms with E-state index in [4.69, 9.17) is 5.73 Å². The van der Waals surface area contributed by atoms with Gasteiger partial charge in [0.05, 0.1) is 5.69 Å². The van der Waals surface area contributed by atoms with Crippen LogP contribution in [0.15, 0.2) is 54.9 Å². The normalized spacial score (nSPS) is 11.4. The van der Waals surface area contributed by atoms with Crippen molar-refractivity contribution >= 4 is 5.65 Å². The van der Waals surface area contributed by atoms with E-state index in [0.29, 0.717) is 6.54 Å². The fraction of sp³-hybridized carbons (Fsp3) is 0.235. The maximum atomic E-state index is 5.69. The highest BCUT2D eigenvalue weighted by atomic mass is 15.1. The lowest BCUT2D eigenvalue weighted by molar-refractivity contribution is 0.315. The fourth-order valence-corrected chi connectivity index (χ4v) is 2.56. The van der Waals surface area contributed by atoms with E-state index < -0.39 is 0 Å². The SMILES string of the molecule is CN(Cc1cccc(CN)c1)Cc1cn2ccccc2n1. The summed E-state index contributed by atoms with van der Waals surface area (Å²) in [5.41, 5.74) is 10.2. The smallest absolute Gasteiger partial charge is 0.137 e. The number of fused-ring (bicyclic) bond motifs is 1. The van der Waals surface area contributed by atoms with E-state index in [1.807, 2.05) is 24.4 Å². The molecule has 0 aliphatic carbocycles. The first-order valence-corrected chi connectivity index (χ1v) is 7.13. The maximum absolute atomic E-state index is 5.69. The van der Waals surface area contributed by atoms with Crippen molar-refractivity contribution in [2.45, 2.75) is 19.6 Å². The van der Waals surface area contributed by atoms with Crippen LogP contribution in [0.5, 0.6) is 0 Å². The highest BCUT2D eigenvalue weighted by Crippen LogP contribution is 2.11. The van der Waals surface area contributed by atoms with Crippen LogP contribution in [0.4, 0.5) is 0 Å². The lowest BCUT2D eigenvalue weighted by atomic mass is 10.1. The molecule has 0 aliphatic heterocycles. The van der Waals surface area contributed by atoms with E-state index in [1.165, 1.54) is 11.1 Å². The Morgan fingerprint density at radius 2 is 1.95 bits per heavy atom. The van der Waals surface area contributed by atoms with Crippen LogP contribution in [0.2, 0.25) is 0 Å². The first-order chi connectivity index (χ1) is 10.2. The Morgan fingerprint density at radius 1 is 1.10 bits per heavy atom. The van der Waals surface area contributed by atoms with Crippen molar-refractivity contribution in [2.75, 3.05) is 7.05 Å². The molecule has 21 heavy (non-hydrogen) atoms. The molecule has 1 aromatic carbocycles. The molecule has 2 aromatic heterocycles. The number of hydrogen-bond acceptors (Lipinski definition) is 3. The van der Waals surface area contributed by atoms with Crippen LogP contribution in [0.1, 0.15) is 16.8 Å². The molecule has 2 heterocycles. The zero-order chi connectivity index (χ0) is 14.7. The molecule has 0 atom stereocenters. The summed E-state index contributed by atoms with van der Waals surface area (Å²) < 4.78 is 2.05. The molecule has 4 heteroatoms. The number of pyridine rings is 1. The third-order valence-corrected chi connectivity index (χ3v) is 3.53. The molecule has 0 saturated carbocycles. The molecule has 0 saturated heterocycles. The molecule has 4 nitrogen and oxygen atoms in total. The Bertz CT molecular complexity index is 699. The van der Waals surface area contributed by atoms with Crippen LogP contribution in [-0.4, -0.2) is 21.3 Å². The summed E-state index contributed by atoms with van der Waals surface area (Å²) in [6.07, 6.45) is 4.11. The van der Waals surface area contributed by atoms with E-state index in [2.05, 4.69) is 51.8 Å². The van der Waals surface area contributed by atoms with E-state index in [1.54, 1.807) is 0 Å². The van der Waals surface area contributed by atoms with Gasteiger partial charge in [0.2, 0.25) is 0 Å². The summed E-state index contributed by atoms with van der Waals surface area (Å²) in [5, 5.41) is 0. The minimum absolute atomic E-state index is 0.587. The number of nitrogens with zero attached hydrogens (tertiary/aromatic N) is 3. The first-order valence-electron chi connectivity index (χ1n) is 7.13. The molecular formula is C17H20N4. The molecule has 0 spiro atoms. The van der Waals surface area contributed by atoms with Gasteiger partial charge in [-0.2, -0.15) is 0 Å². The minimum atomic E-state index is 0.587. The number of hydrogen-bond donors (Lipinski definition) is 1. The fourth-order valence-electron chi connectivity index (χ4n) is 2.56. The summed E-state index contributed by atoms with van der Waals surface area (Å²) in [7, 11) is 2.11. The van der Waals surface area contributed by atoms with Crippen molar-refractivity contribution in [3.8, 4) is 0 Å². The van der Waals surface area contributed by atoms with Gasteiger partial charge in [0.1, 0.15) is 5.65 Å². The molecular weight excluding hydrogens is 260 g/mol. The largest absolute Gasteiger partial charge is 0.326 e. The van der Waals surface area contributed by atoms with Crippen LogP contribution >= 0.6 is 0 Å². The summed E-state index contributed by atoms with van der Waals surface area (Å²) in [6.45, 7) is 2.31. The Labute approximate surface area is 124 Å². The molecule has 0 amide bonds. The molecule has 0 bridgehead atoms. The van der Waals surface area contributed by atoms with Crippen molar-refractivity contribution in [3.63, 3.8) is 0 Å². The minimum Gasteiger partial charge on any atom is -0.326 e. The second-order valence-corrected chi connectivity index (χ2v) is 5.39. The zero-order valence-corrected chi connectivity index (χ0v) is 12.2. The van der Waals surface area contributed by atoms with Gasteiger partial charge in [0.25, 0.3) is 0 Å². The van der Waals surface area contributed by atoms with Gasteiger partial charge in [-0.25, -0.2) is 4.98 Å². The van der Waals surface area contributed by atoms with Gasteiger partial charge in [-0.15, -0.1) is 0 Å². The first kappa shape index (κ1) is 13.8. The van der Waals surface area contributed by atoms with Crippen molar-refractivity contribution in [2.24, 2.45) is 5.73 Å². The Kier molecular flexibility index (Phi) is 3.99. The average molecular weight is 280 g/mol. The van der Waals surface area contributed by atoms with Crippen LogP contribution in [0.3, 0.4) is 0 Å². The van der Waals surface area contributed by atoms with E-state index in [-0.39, 0.29) is 0 Å². The quantitative estimate of drug-likeness (QED) is 0.781. The van der Waals surface area contributed by atoms with Gasteiger partial charge in [0, 0.05) is 32.0 Å². The topological polar surface area (TPSA) is 46.6 Å². The van der Waals surface area contributed by atoms with Gasteiger partial charge < -0.3 is 10.1 Å². The van der Waals surface area contributed by atoms with E-state index in [0.717, 1.165) is 24.4 Å². The molecule has 0 radical (unpaired) electrons. The standard InChI is InChI=1S/C17H20N4/c1-20(11-15-6-4-5-14(9-15)10-18)12-16-13-21-8-3-2-7-17(21)19-16/h2-9,13H,10-12,18H2,1H3. The van der Waals surface area contributed by atoms with E-state index in [9.17, 15) is 0 Å². The van der Waals surface area contributed by atoms with Gasteiger partial charge >= 0.3 is 0 Å². The molecule has 3 rings (SSSR count). The number of aromatic nitrogens is 2. The third kappa shape index (κ3) is 3.29. The lowest BCUT2D eigenvalue weighted by Crippen LogP contribution is -2.17. The Hall–Kier alpha value is -2.17. The number of imidazole rings is 1. The second kappa shape index (κ2) is 6.08. The van der Waals surface area contributed by atoms with Crippen molar-refractivity contribution < 1.29 is 0 Å². The molecule has 0 fully saturated rings. The zero-order valence-electron chi connectivity index (χ0n) is 12.2. The average Bonchev–Trinajstić information content (AvgIpc) is 2.89. The second-order valence-electron chi connectivity index (χ2n) is 5.39. The molecule has 0 unspecified atom stereocenters. The van der Waals surface area contributed by atoms with Crippen LogP contribution in [0, 0.1) is 0 Å².